The van der Waals surface area contributed by atoms with Crippen LogP contribution in [0, 0.1) is 5.92 Å². The second-order valence-electron chi connectivity index (χ2n) is 8.48. The van der Waals surface area contributed by atoms with Crippen molar-refractivity contribution in [1.82, 2.24) is 9.21 Å². The molecule has 0 aliphatic carbocycles. The third-order valence-electron chi connectivity index (χ3n) is 6.17. The number of carbonyl (C=O) groups is 2. The number of piperidine rings is 1. The molecule has 2 aromatic carbocycles. The summed E-state index contributed by atoms with van der Waals surface area (Å²) in [5, 5.41) is 2.80. The molecule has 0 spiro atoms. The lowest BCUT2D eigenvalue weighted by Crippen LogP contribution is -2.35. The van der Waals surface area contributed by atoms with Gasteiger partial charge in [-0.1, -0.05) is 36.8 Å². The van der Waals surface area contributed by atoms with Crippen LogP contribution in [0.3, 0.4) is 0 Å². The first-order chi connectivity index (χ1) is 15.9. The molecule has 1 atom stereocenters. The van der Waals surface area contributed by atoms with E-state index in [1.54, 1.807) is 17.0 Å². The van der Waals surface area contributed by atoms with Gasteiger partial charge in [0.1, 0.15) is 10.6 Å². The van der Waals surface area contributed by atoms with Gasteiger partial charge in [0.2, 0.25) is 21.8 Å². The van der Waals surface area contributed by atoms with Crippen LogP contribution in [-0.4, -0.2) is 56.2 Å². The second-order valence-corrected chi connectivity index (χ2v) is 10.4. The number of anilines is 1. The maximum atomic E-state index is 13.2. The smallest absolute Gasteiger partial charge is 0.246 e. The van der Waals surface area contributed by atoms with Gasteiger partial charge in [0.05, 0.1) is 13.0 Å². The number of likely N-dealkylation sites (tertiary alicyclic amines) is 1. The zero-order valence-corrected chi connectivity index (χ0v) is 19.5. The molecular formula is C24H29N3O5S. The number of amides is 2. The summed E-state index contributed by atoms with van der Waals surface area (Å²) in [4.78, 5) is 27.0. The fraction of sp³-hybridized carbons (Fsp3) is 0.417. The van der Waals surface area contributed by atoms with Gasteiger partial charge in [0.15, 0.2) is 0 Å². The fourth-order valence-electron chi connectivity index (χ4n) is 4.35. The van der Waals surface area contributed by atoms with E-state index in [1.807, 2.05) is 30.3 Å². The Morgan fingerprint density at radius 2 is 1.82 bits per heavy atom. The maximum absolute atomic E-state index is 13.2. The first kappa shape index (κ1) is 23.3. The molecule has 0 radical (unpaired) electrons. The number of ether oxygens (including phenoxy) is 1. The van der Waals surface area contributed by atoms with Crippen LogP contribution in [0.4, 0.5) is 5.69 Å². The van der Waals surface area contributed by atoms with Crippen LogP contribution in [0.5, 0.6) is 5.75 Å². The molecule has 0 aromatic heterocycles. The SMILES string of the molecule is COc1ccc(NC(=O)[C@@H]2CC(=O)N(Cc3ccccc3)C2)cc1S(=O)(=O)N1CCCCC1. The zero-order chi connectivity index (χ0) is 23.4. The van der Waals surface area contributed by atoms with Gasteiger partial charge < -0.3 is 15.0 Å². The van der Waals surface area contributed by atoms with Crippen molar-refractivity contribution in [2.45, 2.75) is 37.1 Å². The maximum Gasteiger partial charge on any atom is 0.246 e. The molecule has 2 saturated heterocycles. The van der Waals surface area contributed by atoms with Crippen molar-refractivity contribution in [2.75, 3.05) is 32.1 Å². The number of rotatable bonds is 7. The molecular weight excluding hydrogens is 442 g/mol. The summed E-state index contributed by atoms with van der Waals surface area (Å²) >= 11 is 0. The molecule has 2 amide bonds. The van der Waals surface area contributed by atoms with Crippen LogP contribution >= 0.6 is 0 Å². The minimum absolute atomic E-state index is 0.0397. The summed E-state index contributed by atoms with van der Waals surface area (Å²) in [6, 6.07) is 14.3. The number of nitrogens with zero attached hydrogens (tertiary/aromatic N) is 2. The van der Waals surface area contributed by atoms with E-state index in [1.165, 1.54) is 17.5 Å². The predicted molar refractivity (Wildman–Crippen MR) is 124 cm³/mol. The summed E-state index contributed by atoms with van der Waals surface area (Å²) in [7, 11) is -2.31. The Balaban J connectivity index is 1.47. The molecule has 0 saturated carbocycles. The quantitative estimate of drug-likeness (QED) is 0.670. The van der Waals surface area contributed by atoms with Crippen LogP contribution in [0.15, 0.2) is 53.4 Å². The van der Waals surface area contributed by atoms with Crippen LogP contribution in [0.25, 0.3) is 0 Å². The van der Waals surface area contributed by atoms with Gasteiger partial charge in [-0.25, -0.2) is 8.42 Å². The van der Waals surface area contributed by atoms with Crippen molar-refractivity contribution in [3.05, 3.63) is 54.1 Å². The molecule has 1 N–H and O–H groups in total. The van der Waals surface area contributed by atoms with Gasteiger partial charge >= 0.3 is 0 Å². The predicted octanol–water partition coefficient (Wildman–Crippen LogP) is 2.86. The minimum Gasteiger partial charge on any atom is -0.495 e. The Kier molecular flexibility index (Phi) is 6.99. The highest BCUT2D eigenvalue weighted by Crippen LogP contribution is 2.31. The molecule has 2 aliphatic heterocycles. The minimum atomic E-state index is -3.74. The van der Waals surface area contributed by atoms with Crippen molar-refractivity contribution in [2.24, 2.45) is 5.92 Å². The molecule has 2 heterocycles. The summed E-state index contributed by atoms with van der Waals surface area (Å²) < 4.78 is 33.2. The average molecular weight is 472 g/mol. The van der Waals surface area contributed by atoms with Crippen molar-refractivity contribution < 1.29 is 22.7 Å². The van der Waals surface area contributed by atoms with Crippen LogP contribution in [0.1, 0.15) is 31.2 Å². The Bertz CT molecular complexity index is 1110. The molecule has 4 rings (SSSR count). The van der Waals surface area contributed by atoms with Crippen molar-refractivity contribution in [1.29, 1.82) is 0 Å². The third-order valence-corrected chi connectivity index (χ3v) is 8.09. The lowest BCUT2D eigenvalue weighted by atomic mass is 10.1. The Morgan fingerprint density at radius 1 is 1.09 bits per heavy atom. The molecule has 2 fully saturated rings. The van der Waals surface area contributed by atoms with Gasteiger partial charge in [-0.15, -0.1) is 0 Å². The Hall–Kier alpha value is -2.91. The van der Waals surface area contributed by atoms with E-state index in [0.717, 1.165) is 24.8 Å². The number of sulfonamides is 1. The number of methoxy groups -OCH3 is 1. The van der Waals surface area contributed by atoms with E-state index in [9.17, 15) is 18.0 Å². The Labute approximate surface area is 194 Å². The van der Waals surface area contributed by atoms with E-state index >= 15 is 0 Å². The van der Waals surface area contributed by atoms with Crippen LogP contribution in [0.2, 0.25) is 0 Å². The highest BCUT2D eigenvalue weighted by Gasteiger charge is 2.35. The number of nitrogens with one attached hydrogen (secondary N) is 1. The van der Waals surface area contributed by atoms with E-state index in [2.05, 4.69) is 5.32 Å². The van der Waals surface area contributed by atoms with E-state index in [-0.39, 0.29) is 28.9 Å². The van der Waals surface area contributed by atoms with Gasteiger partial charge in [-0.2, -0.15) is 4.31 Å². The highest BCUT2D eigenvalue weighted by atomic mass is 32.2. The fourth-order valence-corrected chi connectivity index (χ4v) is 6.05. The molecule has 33 heavy (non-hydrogen) atoms. The molecule has 0 unspecified atom stereocenters. The lowest BCUT2D eigenvalue weighted by Gasteiger charge is -2.26. The molecule has 2 aromatic rings. The van der Waals surface area contributed by atoms with E-state index < -0.39 is 15.9 Å². The monoisotopic (exact) mass is 471 g/mol. The van der Waals surface area contributed by atoms with Crippen LogP contribution in [-0.2, 0) is 26.2 Å². The summed E-state index contributed by atoms with van der Waals surface area (Å²) in [6.07, 6.45) is 2.80. The van der Waals surface area contributed by atoms with Crippen molar-refractivity contribution in [3.8, 4) is 5.75 Å². The number of benzene rings is 2. The highest BCUT2D eigenvalue weighted by molar-refractivity contribution is 7.89. The zero-order valence-electron chi connectivity index (χ0n) is 18.7. The number of hydrogen-bond acceptors (Lipinski definition) is 5. The number of carbonyl (C=O) groups excluding carboxylic acids is 2. The normalized spacial score (nSPS) is 19.5. The molecule has 9 heteroatoms. The number of hydrogen-bond donors (Lipinski definition) is 1. The van der Waals surface area contributed by atoms with Gasteiger partial charge in [0.25, 0.3) is 0 Å². The van der Waals surface area contributed by atoms with Gasteiger partial charge in [0, 0.05) is 38.3 Å². The summed E-state index contributed by atoms with van der Waals surface area (Å²) in [5.41, 5.74) is 1.37. The van der Waals surface area contributed by atoms with E-state index in [0.29, 0.717) is 31.9 Å². The van der Waals surface area contributed by atoms with Crippen molar-refractivity contribution in [3.63, 3.8) is 0 Å². The largest absolute Gasteiger partial charge is 0.495 e. The molecule has 0 bridgehead atoms. The van der Waals surface area contributed by atoms with Gasteiger partial charge in [-0.3, -0.25) is 9.59 Å². The summed E-state index contributed by atoms with van der Waals surface area (Å²) in [6.45, 7) is 1.74. The third kappa shape index (κ3) is 5.20. The standard InChI is InChI=1S/C24H29N3O5S/c1-32-21-11-10-20(15-22(21)33(30,31)27-12-6-3-7-13-27)25-24(29)19-14-23(28)26(17-19)16-18-8-4-2-5-9-18/h2,4-5,8-11,15,19H,3,6-7,12-14,16-17H2,1H3,(H,25,29)/t19-/m1/s1. The topological polar surface area (TPSA) is 96.0 Å². The van der Waals surface area contributed by atoms with E-state index in [4.69, 9.17) is 4.74 Å². The first-order valence-corrected chi connectivity index (χ1v) is 12.6. The van der Waals surface area contributed by atoms with Gasteiger partial charge in [-0.05, 0) is 36.6 Å². The van der Waals surface area contributed by atoms with Crippen molar-refractivity contribution >= 4 is 27.5 Å². The average Bonchev–Trinajstić information content (AvgIpc) is 3.20. The Morgan fingerprint density at radius 3 is 2.52 bits per heavy atom. The molecule has 176 valence electrons. The molecule has 2 aliphatic rings. The first-order valence-electron chi connectivity index (χ1n) is 11.2. The van der Waals surface area contributed by atoms with Crippen LogP contribution < -0.4 is 10.1 Å². The summed E-state index contributed by atoms with van der Waals surface area (Å²) in [5.74, 6) is -0.624. The molecule has 8 nitrogen and oxygen atoms in total. The lowest BCUT2D eigenvalue weighted by molar-refractivity contribution is -0.128. The second kappa shape index (κ2) is 9.93.